The van der Waals surface area contributed by atoms with Crippen molar-refractivity contribution in [2.45, 2.75) is 25.2 Å². The molecule has 0 unspecified atom stereocenters. The quantitative estimate of drug-likeness (QED) is 0.761. The standard InChI is InChI=1S/C13H19NO/c1-13(7-4-8-14(2)10-13)11-5-3-6-12(15)9-11/h3,5-6,9,15H,4,7-8,10H2,1-2H3/t13-/m1/s1. The maximum atomic E-state index is 9.51. The van der Waals surface area contributed by atoms with Gasteiger partial charge in [0.2, 0.25) is 0 Å². The van der Waals surface area contributed by atoms with Crippen LogP contribution in [-0.4, -0.2) is 30.1 Å². The number of piperidine rings is 1. The van der Waals surface area contributed by atoms with E-state index in [0.717, 1.165) is 6.54 Å². The lowest BCUT2D eigenvalue weighted by Crippen LogP contribution is -2.42. The van der Waals surface area contributed by atoms with Crippen molar-refractivity contribution in [3.63, 3.8) is 0 Å². The average Bonchev–Trinajstić information content (AvgIpc) is 2.17. The summed E-state index contributed by atoms with van der Waals surface area (Å²) in [6.07, 6.45) is 2.45. The van der Waals surface area contributed by atoms with Crippen LogP contribution in [0, 0.1) is 0 Å². The van der Waals surface area contributed by atoms with E-state index < -0.39 is 0 Å². The molecule has 0 aromatic heterocycles. The molecule has 1 N–H and O–H groups in total. The molecule has 0 aliphatic carbocycles. The third-order valence-corrected chi connectivity index (χ3v) is 3.43. The summed E-state index contributed by atoms with van der Waals surface area (Å²) in [5.74, 6) is 0.377. The molecule has 1 aromatic rings. The van der Waals surface area contributed by atoms with Crippen LogP contribution in [0.5, 0.6) is 5.75 Å². The minimum Gasteiger partial charge on any atom is -0.508 e. The van der Waals surface area contributed by atoms with Crippen molar-refractivity contribution in [3.05, 3.63) is 29.8 Å². The summed E-state index contributed by atoms with van der Waals surface area (Å²) in [6, 6.07) is 7.70. The lowest BCUT2D eigenvalue weighted by Gasteiger charge is -2.39. The summed E-state index contributed by atoms with van der Waals surface area (Å²) in [5.41, 5.74) is 1.46. The molecule has 1 fully saturated rings. The molecular weight excluding hydrogens is 186 g/mol. The summed E-state index contributed by atoms with van der Waals surface area (Å²) in [7, 11) is 2.17. The molecule has 1 aromatic carbocycles. The van der Waals surface area contributed by atoms with Gasteiger partial charge in [0.1, 0.15) is 5.75 Å². The molecule has 0 amide bonds. The summed E-state index contributed by atoms with van der Waals surface area (Å²) in [6.45, 7) is 4.56. The van der Waals surface area contributed by atoms with Gasteiger partial charge in [-0.05, 0) is 44.1 Å². The highest BCUT2D eigenvalue weighted by Gasteiger charge is 2.31. The second-order valence-electron chi connectivity index (χ2n) is 4.95. The lowest BCUT2D eigenvalue weighted by molar-refractivity contribution is 0.188. The number of likely N-dealkylation sites (N-methyl/N-ethyl adjacent to an activating group) is 1. The molecule has 0 spiro atoms. The van der Waals surface area contributed by atoms with Gasteiger partial charge >= 0.3 is 0 Å². The van der Waals surface area contributed by atoms with E-state index in [1.165, 1.54) is 24.9 Å². The van der Waals surface area contributed by atoms with Gasteiger partial charge < -0.3 is 10.0 Å². The summed E-state index contributed by atoms with van der Waals surface area (Å²) in [5, 5.41) is 9.51. The Bertz CT molecular complexity index is 350. The first-order chi connectivity index (χ1) is 7.10. The van der Waals surface area contributed by atoms with Gasteiger partial charge in [0.25, 0.3) is 0 Å². The highest BCUT2D eigenvalue weighted by molar-refractivity contribution is 5.33. The topological polar surface area (TPSA) is 23.5 Å². The molecule has 2 rings (SSSR count). The number of phenols is 1. The van der Waals surface area contributed by atoms with Crippen LogP contribution in [-0.2, 0) is 5.41 Å². The number of benzene rings is 1. The number of hydrogen-bond donors (Lipinski definition) is 1. The molecule has 15 heavy (non-hydrogen) atoms. The number of phenolic OH excluding ortho intramolecular Hbond substituents is 1. The van der Waals surface area contributed by atoms with E-state index in [9.17, 15) is 5.11 Å². The Morgan fingerprint density at radius 2 is 2.20 bits per heavy atom. The highest BCUT2D eigenvalue weighted by atomic mass is 16.3. The minimum atomic E-state index is 0.200. The van der Waals surface area contributed by atoms with E-state index in [4.69, 9.17) is 0 Å². The Kier molecular flexibility index (Phi) is 2.70. The second kappa shape index (κ2) is 3.86. The molecule has 0 saturated carbocycles. The molecule has 1 heterocycles. The van der Waals surface area contributed by atoms with Crippen molar-refractivity contribution >= 4 is 0 Å². The average molecular weight is 205 g/mol. The monoisotopic (exact) mass is 205 g/mol. The zero-order valence-electron chi connectivity index (χ0n) is 9.53. The predicted octanol–water partition coefficient (Wildman–Crippen LogP) is 2.38. The van der Waals surface area contributed by atoms with Gasteiger partial charge in [0, 0.05) is 12.0 Å². The van der Waals surface area contributed by atoms with Crippen molar-refractivity contribution in [2.24, 2.45) is 0 Å². The number of rotatable bonds is 1. The molecule has 1 atom stereocenters. The molecule has 82 valence electrons. The molecular formula is C13H19NO. The van der Waals surface area contributed by atoms with E-state index in [1.54, 1.807) is 6.07 Å². The SMILES string of the molecule is CN1CCC[C@@](C)(c2cccc(O)c2)C1. The zero-order chi connectivity index (χ0) is 10.9. The van der Waals surface area contributed by atoms with Gasteiger partial charge in [0.05, 0.1) is 0 Å². The largest absolute Gasteiger partial charge is 0.508 e. The van der Waals surface area contributed by atoms with Crippen LogP contribution in [0.1, 0.15) is 25.3 Å². The van der Waals surface area contributed by atoms with Crippen LogP contribution in [0.3, 0.4) is 0 Å². The number of hydrogen-bond acceptors (Lipinski definition) is 2. The molecule has 0 bridgehead atoms. The molecule has 0 radical (unpaired) electrons. The molecule has 1 aliphatic rings. The predicted molar refractivity (Wildman–Crippen MR) is 62.2 cm³/mol. The Hall–Kier alpha value is -1.02. The van der Waals surface area contributed by atoms with Gasteiger partial charge in [-0.25, -0.2) is 0 Å². The van der Waals surface area contributed by atoms with Crippen molar-refractivity contribution in [1.82, 2.24) is 4.90 Å². The maximum absolute atomic E-state index is 9.51. The van der Waals surface area contributed by atoms with Crippen LogP contribution in [0.25, 0.3) is 0 Å². The van der Waals surface area contributed by atoms with Crippen LogP contribution in [0.15, 0.2) is 24.3 Å². The summed E-state index contributed by atoms with van der Waals surface area (Å²) >= 11 is 0. The Labute approximate surface area is 91.5 Å². The third kappa shape index (κ3) is 2.15. The van der Waals surface area contributed by atoms with E-state index in [0.29, 0.717) is 5.75 Å². The first kappa shape index (κ1) is 10.5. The van der Waals surface area contributed by atoms with Crippen LogP contribution in [0.2, 0.25) is 0 Å². The fourth-order valence-corrected chi connectivity index (χ4v) is 2.61. The van der Waals surface area contributed by atoms with E-state index in [2.05, 4.69) is 24.9 Å². The van der Waals surface area contributed by atoms with E-state index >= 15 is 0 Å². The summed E-state index contributed by atoms with van der Waals surface area (Å²) in [4.78, 5) is 2.37. The number of aromatic hydroxyl groups is 1. The van der Waals surface area contributed by atoms with Gasteiger partial charge in [-0.3, -0.25) is 0 Å². The molecule has 2 nitrogen and oxygen atoms in total. The van der Waals surface area contributed by atoms with Crippen molar-refractivity contribution in [3.8, 4) is 5.75 Å². The van der Waals surface area contributed by atoms with Crippen molar-refractivity contribution in [1.29, 1.82) is 0 Å². The first-order valence-electron chi connectivity index (χ1n) is 5.58. The normalized spacial score (nSPS) is 27.9. The van der Waals surface area contributed by atoms with Crippen LogP contribution >= 0.6 is 0 Å². The van der Waals surface area contributed by atoms with Crippen molar-refractivity contribution in [2.75, 3.05) is 20.1 Å². The fourth-order valence-electron chi connectivity index (χ4n) is 2.61. The molecule has 1 aliphatic heterocycles. The number of nitrogens with zero attached hydrogens (tertiary/aromatic N) is 1. The van der Waals surface area contributed by atoms with Crippen LogP contribution < -0.4 is 0 Å². The van der Waals surface area contributed by atoms with Crippen LogP contribution in [0.4, 0.5) is 0 Å². The molecule has 1 saturated heterocycles. The van der Waals surface area contributed by atoms with E-state index in [-0.39, 0.29) is 5.41 Å². The Morgan fingerprint density at radius 1 is 1.40 bits per heavy atom. The smallest absolute Gasteiger partial charge is 0.115 e. The molecule has 2 heteroatoms. The Balaban J connectivity index is 2.28. The lowest BCUT2D eigenvalue weighted by atomic mass is 9.76. The van der Waals surface area contributed by atoms with Crippen molar-refractivity contribution < 1.29 is 5.11 Å². The third-order valence-electron chi connectivity index (χ3n) is 3.43. The Morgan fingerprint density at radius 3 is 2.87 bits per heavy atom. The zero-order valence-corrected chi connectivity index (χ0v) is 9.53. The second-order valence-corrected chi connectivity index (χ2v) is 4.95. The summed E-state index contributed by atoms with van der Waals surface area (Å²) < 4.78 is 0. The number of likely N-dealkylation sites (tertiary alicyclic amines) is 1. The minimum absolute atomic E-state index is 0.200. The highest BCUT2D eigenvalue weighted by Crippen LogP contribution is 2.34. The fraction of sp³-hybridized carbons (Fsp3) is 0.538. The van der Waals surface area contributed by atoms with Gasteiger partial charge in [-0.15, -0.1) is 0 Å². The van der Waals surface area contributed by atoms with Gasteiger partial charge in [0.15, 0.2) is 0 Å². The first-order valence-corrected chi connectivity index (χ1v) is 5.58. The van der Waals surface area contributed by atoms with Gasteiger partial charge in [-0.2, -0.15) is 0 Å². The van der Waals surface area contributed by atoms with Gasteiger partial charge in [-0.1, -0.05) is 19.1 Å². The maximum Gasteiger partial charge on any atom is 0.115 e. The van der Waals surface area contributed by atoms with E-state index in [1.807, 2.05) is 12.1 Å².